The number of aliphatic carboxylic acids is 1. The lowest BCUT2D eigenvalue weighted by Crippen LogP contribution is -2.50. The third kappa shape index (κ3) is 11.2. The van der Waals surface area contributed by atoms with Crippen LogP contribution in [0.1, 0.15) is 25.0 Å². The van der Waals surface area contributed by atoms with Crippen molar-refractivity contribution in [1.29, 1.82) is 0 Å². The van der Waals surface area contributed by atoms with Gasteiger partial charge in [0.05, 0.1) is 28.8 Å². The summed E-state index contributed by atoms with van der Waals surface area (Å²) in [5, 5.41) is 14.0. The molecule has 0 bridgehead atoms. The summed E-state index contributed by atoms with van der Waals surface area (Å²) < 4.78 is 68.0. The molecule has 0 fully saturated rings. The fourth-order valence-electron chi connectivity index (χ4n) is 3.68. The van der Waals surface area contributed by atoms with Gasteiger partial charge in [0, 0.05) is 22.6 Å². The van der Waals surface area contributed by atoms with Crippen LogP contribution in [0.3, 0.4) is 0 Å². The SMILES string of the molecule is CC(C)[C@H](NC(=O)Cc1cc(OC(F)F)ccc1S(C)(=O)=O)C(=O)NC(=CC(=O)O)C(=O)CSCc1c(F)cccc1Cl. The number of carboxylic acids is 1. The smallest absolute Gasteiger partial charge is 0.387 e. The van der Waals surface area contributed by atoms with Gasteiger partial charge in [0.1, 0.15) is 17.6 Å². The molecule has 0 heterocycles. The summed E-state index contributed by atoms with van der Waals surface area (Å²) in [6.07, 6.45) is 0.687. The number of sulfone groups is 1. The van der Waals surface area contributed by atoms with E-state index in [-0.39, 0.29) is 38.3 Å². The van der Waals surface area contributed by atoms with E-state index in [4.69, 9.17) is 11.6 Å². The predicted molar refractivity (Wildman–Crippen MR) is 153 cm³/mol. The summed E-state index contributed by atoms with van der Waals surface area (Å²) in [6, 6.07) is 5.72. The number of halogens is 4. The summed E-state index contributed by atoms with van der Waals surface area (Å²) in [5.74, 6) is -6.14. The fraction of sp³-hybridized carbons (Fsp3) is 0.333. The van der Waals surface area contributed by atoms with Crippen LogP contribution in [0, 0.1) is 11.7 Å². The zero-order valence-corrected chi connectivity index (χ0v) is 25.4. The maximum atomic E-state index is 14.0. The quantitative estimate of drug-likeness (QED) is 0.241. The molecule has 16 heteroatoms. The molecule has 0 unspecified atom stereocenters. The van der Waals surface area contributed by atoms with Crippen molar-refractivity contribution in [2.45, 2.75) is 43.6 Å². The number of Topliss-reactive ketones (excluding diaryl/α,β-unsaturated/α-hetero) is 1. The van der Waals surface area contributed by atoms with Gasteiger partial charge in [0.25, 0.3) is 0 Å². The van der Waals surface area contributed by atoms with Crippen LogP contribution in [0.2, 0.25) is 5.02 Å². The standard InChI is InChI=1S/C27H28ClF3N2O8S2/c1-14(2)25(33-23(35)10-15-9-16(41-27(30)31)7-8-22(15)43(3,39)40)26(38)32-20(11-24(36)37)21(34)13-42-12-17-18(28)5-4-6-19(17)29/h4-9,11,14,25,27H,10,12-13H2,1-3H3,(H,32,38)(H,33,35)(H,36,37)/t25-/m0/s1. The molecule has 2 amide bonds. The summed E-state index contributed by atoms with van der Waals surface area (Å²) >= 11 is 6.90. The maximum Gasteiger partial charge on any atom is 0.387 e. The number of ketones is 1. The summed E-state index contributed by atoms with van der Waals surface area (Å²) in [6.45, 7) is -0.119. The van der Waals surface area contributed by atoms with Gasteiger partial charge in [-0.2, -0.15) is 8.78 Å². The largest absolute Gasteiger partial charge is 0.478 e. The van der Waals surface area contributed by atoms with Crippen LogP contribution >= 0.6 is 23.4 Å². The number of benzene rings is 2. The van der Waals surface area contributed by atoms with E-state index in [0.717, 1.165) is 36.2 Å². The number of allylic oxidation sites excluding steroid dienone is 1. The van der Waals surface area contributed by atoms with Crippen molar-refractivity contribution in [3.05, 3.63) is 70.1 Å². The number of alkyl halides is 2. The normalized spacial score (nSPS) is 12.6. The lowest BCUT2D eigenvalue weighted by Gasteiger charge is -2.22. The number of thioether (sulfide) groups is 1. The van der Waals surface area contributed by atoms with Crippen LogP contribution < -0.4 is 15.4 Å². The van der Waals surface area contributed by atoms with E-state index in [1.807, 2.05) is 0 Å². The number of nitrogens with one attached hydrogen (secondary N) is 2. The topological polar surface area (TPSA) is 156 Å². The molecule has 1 atom stereocenters. The lowest BCUT2D eigenvalue weighted by molar-refractivity contribution is -0.132. The molecule has 0 aliphatic heterocycles. The van der Waals surface area contributed by atoms with Crippen molar-refractivity contribution in [3.8, 4) is 5.75 Å². The molecule has 3 N–H and O–H groups in total. The summed E-state index contributed by atoms with van der Waals surface area (Å²) in [4.78, 5) is 49.7. The van der Waals surface area contributed by atoms with Crippen molar-refractivity contribution < 1.29 is 50.6 Å². The number of ether oxygens (including phenoxy) is 1. The Morgan fingerprint density at radius 2 is 1.81 bits per heavy atom. The Bertz CT molecular complexity index is 1500. The molecule has 43 heavy (non-hydrogen) atoms. The van der Waals surface area contributed by atoms with Crippen LogP contribution in [-0.2, 0) is 41.2 Å². The fourth-order valence-corrected chi connectivity index (χ4v) is 5.85. The second-order valence-electron chi connectivity index (χ2n) is 9.39. The van der Waals surface area contributed by atoms with Gasteiger partial charge < -0.3 is 20.5 Å². The highest BCUT2D eigenvalue weighted by Gasteiger charge is 2.28. The van der Waals surface area contributed by atoms with Crippen LogP contribution in [-0.4, -0.2) is 61.8 Å². The van der Waals surface area contributed by atoms with Crippen LogP contribution in [0.5, 0.6) is 5.75 Å². The molecule has 0 aliphatic carbocycles. The number of rotatable bonds is 15. The van der Waals surface area contributed by atoms with E-state index in [1.165, 1.54) is 18.2 Å². The van der Waals surface area contributed by atoms with Gasteiger partial charge in [-0.3, -0.25) is 14.4 Å². The molecule has 0 spiro atoms. The first-order valence-corrected chi connectivity index (χ1v) is 15.8. The van der Waals surface area contributed by atoms with Gasteiger partial charge >= 0.3 is 12.6 Å². The van der Waals surface area contributed by atoms with Crippen molar-refractivity contribution in [2.24, 2.45) is 5.92 Å². The zero-order valence-electron chi connectivity index (χ0n) is 23.0. The average molecular weight is 665 g/mol. The molecule has 10 nitrogen and oxygen atoms in total. The lowest BCUT2D eigenvalue weighted by atomic mass is 10.0. The van der Waals surface area contributed by atoms with Crippen molar-refractivity contribution in [2.75, 3.05) is 12.0 Å². The zero-order chi connectivity index (χ0) is 32.5. The Morgan fingerprint density at radius 3 is 2.37 bits per heavy atom. The number of amides is 2. The van der Waals surface area contributed by atoms with Gasteiger partial charge in [-0.05, 0) is 41.8 Å². The summed E-state index contributed by atoms with van der Waals surface area (Å²) in [7, 11) is -3.89. The van der Waals surface area contributed by atoms with Crippen LogP contribution in [0.25, 0.3) is 0 Å². The van der Waals surface area contributed by atoms with Gasteiger partial charge in [0.15, 0.2) is 15.6 Å². The van der Waals surface area contributed by atoms with Crippen molar-refractivity contribution in [3.63, 3.8) is 0 Å². The molecule has 0 radical (unpaired) electrons. The number of hydrogen-bond acceptors (Lipinski definition) is 8. The van der Waals surface area contributed by atoms with Crippen molar-refractivity contribution in [1.82, 2.24) is 10.6 Å². The van der Waals surface area contributed by atoms with Crippen LogP contribution in [0.4, 0.5) is 13.2 Å². The first-order valence-electron chi connectivity index (χ1n) is 12.4. The summed E-state index contributed by atoms with van der Waals surface area (Å²) in [5.41, 5.74) is -0.627. The number of carboxylic acid groups (broad SMARTS) is 1. The highest BCUT2D eigenvalue weighted by Crippen LogP contribution is 2.25. The third-order valence-corrected chi connectivity index (χ3v) is 8.15. The van der Waals surface area contributed by atoms with Crippen molar-refractivity contribution >= 4 is 56.8 Å². The van der Waals surface area contributed by atoms with E-state index in [9.17, 15) is 45.9 Å². The van der Waals surface area contributed by atoms with E-state index in [0.29, 0.717) is 6.08 Å². The van der Waals surface area contributed by atoms with E-state index >= 15 is 0 Å². The Balaban J connectivity index is 2.18. The number of hydrogen-bond donors (Lipinski definition) is 3. The molecule has 234 valence electrons. The first-order chi connectivity index (χ1) is 20.0. The molecule has 0 saturated carbocycles. The van der Waals surface area contributed by atoms with Crippen LogP contribution in [0.15, 0.2) is 53.1 Å². The second kappa shape index (κ2) is 15.8. The van der Waals surface area contributed by atoms with Gasteiger partial charge in [-0.15, -0.1) is 11.8 Å². The van der Waals surface area contributed by atoms with E-state index in [1.54, 1.807) is 13.8 Å². The highest BCUT2D eigenvalue weighted by molar-refractivity contribution is 7.99. The van der Waals surface area contributed by atoms with Gasteiger partial charge in [0.2, 0.25) is 11.8 Å². The average Bonchev–Trinajstić information content (AvgIpc) is 2.87. The van der Waals surface area contributed by atoms with E-state index in [2.05, 4.69) is 15.4 Å². The Labute approximate surface area is 254 Å². The predicted octanol–water partition coefficient (Wildman–Crippen LogP) is 3.75. The molecule has 0 saturated heterocycles. The number of carbonyl (C=O) groups excluding carboxylic acids is 3. The molecular weight excluding hydrogens is 637 g/mol. The molecule has 2 aromatic carbocycles. The minimum absolute atomic E-state index is 0.0186. The Kier molecular flexibility index (Phi) is 13.1. The molecule has 2 rings (SSSR count). The first kappa shape index (κ1) is 35.6. The molecule has 0 aliphatic rings. The van der Waals surface area contributed by atoms with E-state index < -0.39 is 69.9 Å². The van der Waals surface area contributed by atoms with Gasteiger partial charge in [-0.1, -0.05) is 31.5 Å². The Hall–Kier alpha value is -3.56. The monoisotopic (exact) mass is 664 g/mol. The second-order valence-corrected chi connectivity index (χ2v) is 12.8. The third-order valence-electron chi connectivity index (χ3n) is 5.64. The molecule has 2 aromatic rings. The van der Waals surface area contributed by atoms with Gasteiger partial charge in [-0.25, -0.2) is 17.6 Å². The maximum absolute atomic E-state index is 14.0. The highest BCUT2D eigenvalue weighted by atomic mass is 35.5. The molecular formula is C27H28ClF3N2O8S2. The molecule has 0 aromatic heterocycles. The Morgan fingerprint density at radius 1 is 1.14 bits per heavy atom. The minimum atomic E-state index is -3.89. The number of carbonyl (C=O) groups is 4. The minimum Gasteiger partial charge on any atom is -0.478 e.